The molecule has 10 heteroatoms. The number of aromatic nitrogens is 1. The molecule has 4 rings (SSSR count). The lowest BCUT2D eigenvalue weighted by Crippen LogP contribution is -2.49. The lowest BCUT2D eigenvalue weighted by Gasteiger charge is -2.49. The molecule has 1 spiro atoms. The minimum atomic E-state index is -5.08. The van der Waals surface area contributed by atoms with Crippen molar-refractivity contribution in [2.75, 3.05) is 39.5 Å². The zero-order valence-corrected chi connectivity index (χ0v) is 18.7. The summed E-state index contributed by atoms with van der Waals surface area (Å²) >= 11 is 0. The first-order valence-corrected chi connectivity index (χ1v) is 11.2. The molecule has 0 bridgehead atoms. The number of alkyl halides is 3. The first-order chi connectivity index (χ1) is 15.1. The van der Waals surface area contributed by atoms with Gasteiger partial charge in [-0.1, -0.05) is 5.16 Å². The summed E-state index contributed by atoms with van der Waals surface area (Å²) in [5.41, 5.74) is 2.74. The van der Waals surface area contributed by atoms with Crippen LogP contribution >= 0.6 is 0 Å². The molecule has 1 aromatic heterocycles. The summed E-state index contributed by atoms with van der Waals surface area (Å²) in [6.45, 7) is 11.0. The molecule has 0 radical (unpaired) electrons. The van der Waals surface area contributed by atoms with Crippen LogP contribution in [0.5, 0.6) is 0 Å². The van der Waals surface area contributed by atoms with Crippen molar-refractivity contribution < 1.29 is 37.1 Å². The monoisotopic (exact) mass is 462 g/mol. The van der Waals surface area contributed by atoms with Gasteiger partial charge in [0.15, 0.2) is 0 Å². The van der Waals surface area contributed by atoms with Gasteiger partial charge >= 0.3 is 12.1 Å². The zero-order valence-electron chi connectivity index (χ0n) is 18.7. The van der Waals surface area contributed by atoms with Gasteiger partial charge in [-0.3, -0.25) is 4.90 Å². The van der Waals surface area contributed by atoms with Crippen molar-refractivity contribution >= 4 is 5.97 Å². The molecule has 3 heterocycles. The highest BCUT2D eigenvalue weighted by Gasteiger charge is 2.43. The van der Waals surface area contributed by atoms with E-state index in [9.17, 15) is 13.2 Å². The van der Waals surface area contributed by atoms with Crippen molar-refractivity contribution in [3.8, 4) is 0 Å². The molecule has 32 heavy (non-hydrogen) atoms. The maximum atomic E-state index is 10.6. The molecule has 0 amide bonds. The van der Waals surface area contributed by atoms with E-state index in [0.717, 1.165) is 63.4 Å². The van der Waals surface area contributed by atoms with E-state index in [2.05, 4.69) is 10.1 Å². The van der Waals surface area contributed by atoms with E-state index in [1.807, 2.05) is 13.8 Å². The van der Waals surface area contributed by atoms with Crippen LogP contribution in [0.3, 0.4) is 0 Å². The van der Waals surface area contributed by atoms with Gasteiger partial charge in [0.1, 0.15) is 5.76 Å². The Morgan fingerprint density at radius 2 is 1.88 bits per heavy atom. The first-order valence-electron chi connectivity index (χ1n) is 11.2. The van der Waals surface area contributed by atoms with E-state index in [0.29, 0.717) is 11.3 Å². The SMILES string of the molecule is Cc1noc(C)c1CN1CCC2(CCOCC2COCC2CC2)CC1.O=C(O)C(F)(F)F. The number of carboxylic acids is 1. The van der Waals surface area contributed by atoms with Crippen LogP contribution in [0.25, 0.3) is 0 Å². The number of carbonyl (C=O) groups is 1. The molecule has 3 aliphatic rings. The number of rotatable bonds is 6. The lowest BCUT2D eigenvalue weighted by molar-refractivity contribution is -0.192. The quantitative estimate of drug-likeness (QED) is 0.685. The zero-order chi connectivity index (χ0) is 23.4. The third kappa shape index (κ3) is 6.68. The van der Waals surface area contributed by atoms with Gasteiger partial charge in [0.05, 0.1) is 18.9 Å². The molecule has 1 unspecified atom stereocenters. The molecular weight excluding hydrogens is 429 g/mol. The summed E-state index contributed by atoms with van der Waals surface area (Å²) in [4.78, 5) is 11.5. The minimum absolute atomic E-state index is 0.428. The normalized spacial score (nSPS) is 23.6. The average molecular weight is 463 g/mol. The first kappa shape index (κ1) is 25.0. The smallest absolute Gasteiger partial charge is 0.475 e. The van der Waals surface area contributed by atoms with Gasteiger partial charge < -0.3 is 19.1 Å². The maximum absolute atomic E-state index is 10.6. The summed E-state index contributed by atoms with van der Waals surface area (Å²) in [6, 6.07) is 0. The molecule has 1 N–H and O–H groups in total. The van der Waals surface area contributed by atoms with Gasteiger partial charge in [-0.25, -0.2) is 4.79 Å². The Morgan fingerprint density at radius 3 is 2.41 bits per heavy atom. The predicted octanol–water partition coefficient (Wildman–Crippen LogP) is 3.97. The van der Waals surface area contributed by atoms with Crippen molar-refractivity contribution in [3.63, 3.8) is 0 Å². The number of nitrogens with zero attached hydrogens (tertiary/aromatic N) is 2. The molecule has 2 aliphatic heterocycles. The van der Waals surface area contributed by atoms with Crippen molar-refractivity contribution in [1.82, 2.24) is 10.1 Å². The second-order valence-corrected chi connectivity index (χ2v) is 9.25. The Bertz CT molecular complexity index is 736. The van der Waals surface area contributed by atoms with Crippen molar-refractivity contribution in [2.45, 2.75) is 58.7 Å². The summed E-state index contributed by atoms with van der Waals surface area (Å²) in [7, 11) is 0. The topological polar surface area (TPSA) is 85.0 Å². The van der Waals surface area contributed by atoms with Crippen molar-refractivity contribution in [2.24, 2.45) is 17.3 Å². The molecule has 2 saturated heterocycles. The van der Waals surface area contributed by atoms with Crippen LogP contribution < -0.4 is 0 Å². The third-order valence-corrected chi connectivity index (χ3v) is 6.96. The fraction of sp³-hybridized carbons (Fsp3) is 0.818. The molecule has 182 valence electrons. The number of aliphatic carboxylic acids is 1. The molecule has 1 saturated carbocycles. The van der Waals surface area contributed by atoms with E-state index < -0.39 is 12.1 Å². The predicted molar refractivity (Wildman–Crippen MR) is 109 cm³/mol. The van der Waals surface area contributed by atoms with Gasteiger partial charge in [0.25, 0.3) is 0 Å². The van der Waals surface area contributed by atoms with E-state index in [-0.39, 0.29) is 0 Å². The minimum Gasteiger partial charge on any atom is -0.475 e. The summed E-state index contributed by atoms with van der Waals surface area (Å²) in [6.07, 6.45) is 1.37. The number of hydrogen-bond acceptors (Lipinski definition) is 6. The molecule has 7 nitrogen and oxygen atoms in total. The average Bonchev–Trinajstić information content (AvgIpc) is 3.51. The standard InChI is InChI=1S/C20H32N2O3.C2HF3O2/c1-15-19(16(2)25-21-15)11-22-8-5-20(6-9-22)7-10-23-13-18(20)14-24-12-17-3-4-17;3-2(4,5)1(6)7/h17-18H,3-14H2,1-2H3;(H,6,7). The fourth-order valence-corrected chi connectivity index (χ4v) is 4.53. The Balaban J connectivity index is 0.000000360. The number of likely N-dealkylation sites (tertiary alicyclic amines) is 1. The molecule has 0 aromatic carbocycles. The van der Waals surface area contributed by atoms with Crippen LogP contribution in [0.1, 0.15) is 49.1 Å². The summed E-state index contributed by atoms with van der Waals surface area (Å²) in [5.74, 6) is -0.374. The molecule has 1 atom stereocenters. The fourth-order valence-electron chi connectivity index (χ4n) is 4.53. The molecule has 1 aromatic rings. The Kier molecular flexibility index (Phi) is 8.21. The largest absolute Gasteiger partial charge is 0.490 e. The molecular formula is C22H33F3N2O5. The Morgan fingerprint density at radius 1 is 1.22 bits per heavy atom. The van der Waals surface area contributed by atoms with E-state index >= 15 is 0 Å². The van der Waals surface area contributed by atoms with E-state index in [1.165, 1.54) is 37.7 Å². The van der Waals surface area contributed by atoms with Crippen LogP contribution in [0.15, 0.2) is 4.52 Å². The number of piperidine rings is 1. The number of hydrogen-bond donors (Lipinski definition) is 1. The molecule has 3 fully saturated rings. The highest BCUT2D eigenvalue weighted by atomic mass is 19.4. The van der Waals surface area contributed by atoms with Crippen LogP contribution in [0.4, 0.5) is 13.2 Å². The highest BCUT2D eigenvalue weighted by molar-refractivity contribution is 5.73. The number of ether oxygens (including phenoxy) is 2. The van der Waals surface area contributed by atoms with Crippen LogP contribution in [0.2, 0.25) is 0 Å². The van der Waals surface area contributed by atoms with Crippen molar-refractivity contribution in [3.05, 3.63) is 17.0 Å². The summed E-state index contributed by atoms with van der Waals surface area (Å²) < 4.78 is 48.9. The second-order valence-electron chi connectivity index (χ2n) is 9.25. The number of aryl methyl sites for hydroxylation is 2. The van der Waals surface area contributed by atoms with E-state index in [1.54, 1.807) is 0 Å². The van der Waals surface area contributed by atoms with Gasteiger partial charge in [-0.15, -0.1) is 0 Å². The second kappa shape index (κ2) is 10.5. The molecule has 1 aliphatic carbocycles. The summed E-state index contributed by atoms with van der Waals surface area (Å²) in [5, 5.41) is 11.2. The van der Waals surface area contributed by atoms with E-state index in [4.69, 9.17) is 23.9 Å². The maximum Gasteiger partial charge on any atom is 0.490 e. The van der Waals surface area contributed by atoms with Crippen LogP contribution in [0, 0.1) is 31.1 Å². The Hall–Kier alpha value is -1.65. The van der Waals surface area contributed by atoms with Gasteiger partial charge in [-0.05, 0) is 70.4 Å². The van der Waals surface area contributed by atoms with Gasteiger partial charge in [0, 0.05) is 31.2 Å². The van der Waals surface area contributed by atoms with Crippen molar-refractivity contribution in [1.29, 1.82) is 0 Å². The van der Waals surface area contributed by atoms with Crippen LogP contribution in [-0.2, 0) is 20.8 Å². The Labute approximate surface area is 186 Å². The lowest BCUT2D eigenvalue weighted by atomic mass is 9.66. The van der Waals surface area contributed by atoms with Gasteiger partial charge in [0.2, 0.25) is 0 Å². The number of halogens is 3. The number of carboxylic acid groups (broad SMARTS) is 1. The van der Waals surface area contributed by atoms with Crippen LogP contribution in [-0.4, -0.2) is 66.8 Å². The highest BCUT2D eigenvalue weighted by Crippen LogP contribution is 2.45. The van der Waals surface area contributed by atoms with Gasteiger partial charge in [-0.2, -0.15) is 13.2 Å². The third-order valence-electron chi connectivity index (χ3n) is 6.96.